The second-order valence-corrected chi connectivity index (χ2v) is 17.3. The smallest absolute Gasteiger partial charge is 0.135 e. The SMILES string of the molecule is c1ccc(-c2cccc(N(c3ccccc3)c3cccc(-c4ccc(-c5ccc6c7ccccc7n(-c7cccc8ccccc78)c6c5)cc4-c4ccc5oc6ccccc6c5c4)c3)c2)cc1. The van der Waals surface area contributed by atoms with E-state index in [2.05, 4.69) is 252 Å². The van der Waals surface area contributed by atoms with Crippen LogP contribution in [0.1, 0.15) is 0 Å². The number of fused-ring (bicyclic) bond motifs is 7. The van der Waals surface area contributed by atoms with Gasteiger partial charge in [-0.05, 0) is 129 Å². The maximum absolute atomic E-state index is 6.35. The van der Waals surface area contributed by atoms with Gasteiger partial charge < -0.3 is 13.9 Å². The van der Waals surface area contributed by atoms with E-state index in [1.807, 2.05) is 12.1 Å². The van der Waals surface area contributed by atoms with E-state index in [1.54, 1.807) is 0 Å². The standard InChI is InChI=1S/C64H42N2O/c1-3-16-43(17-4-1)45-20-13-24-51(38-45)65(50-22-5-2-6-23-50)52-25-14-21-48(39-52)53-35-32-46(40-58(53)49-34-37-64-59(41-49)57-28-10-12-31-63(57)67-64)47-33-36-56-55-27-9-11-29-61(55)66(62(56)42-47)60-30-15-19-44-18-7-8-26-54(44)60/h1-42H. The van der Waals surface area contributed by atoms with E-state index in [4.69, 9.17) is 4.42 Å². The summed E-state index contributed by atoms with van der Waals surface area (Å²) in [6.45, 7) is 0. The molecule has 314 valence electrons. The van der Waals surface area contributed by atoms with E-state index in [0.717, 1.165) is 72.4 Å². The Morgan fingerprint density at radius 2 is 0.836 bits per heavy atom. The van der Waals surface area contributed by atoms with Gasteiger partial charge in [-0.2, -0.15) is 0 Å². The van der Waals surface area contributed by atoms with Crippen LogP contribution in [0.15, 0.2) is 259 Å². The largest absolute Gasteiger partial charge is 0.456 e. The molecule has 2 heterocycles. The molecule has 0 amide bonds. The van der Waals surface area contributed by atoms with Gasteiger partial charge in [-0.1, -0.05) is 176 Å². The Balaban J connectivity index is 0.999. The predicted molar refractivity (Wildman–Crippen MR) is 282 cm³/mol. The van der Waals surface area contributed by atoms with Crippen molar-refractivity contribution in [1.29, 1.82) is 0 Å². The first kappa shape index (κ1) is 38.5. The van der Waals surface area contributed by atoms with E-state index >= 15 is 0 Å². The Kier molecular flexibility index (Phi) is 9.17. The lowest BCUT2D eigenvalue weighted by Crippen LogP contribution is -2.10. The first-order valence-corrected chi connectivity index (χ1v) is 22.9. The Morgan fingerprint density at radius 3 is 1.69 bits per heavy atom. The van der Waals surface area contributed by atoms with E-state index in [-0.39, 0.29) is 0 Å². The zero-order valence-electron chi connectivity index (χ0n) is 36.6. The summed E-state index contributed by atoms with van der Waals surface area (Å²) >= 11 is 0. The van der Waals surface area contributed by atoms with Gasteiger partial charge in [-0.3, -0.25) is 0 Å². The third-order valence-electron chi connectivity index (χ3n) is 13.4. The van der Waals surface area contributed by atoms with Crippen molar-refractivity contribution in [2.75, 3.05) is 4.90 Å². The number of anilines is 3. The monoisotopic (exact) mass is 854 g/mol. The number of hydrogen-bond donors (Lipinski definition) is 0. The van der Waals surface area contributed by atoms with E-state index < -0.39 is 0 Å². The van der Waals surface area contributed by atoms with Crippen LogP contribution >= 0.6 is 0 Å². The summed E-state index contributed by atoms with van der Waals surface area (Å²) in [5.41, 5.74) is 17.8. The summed E-state index contributed by atoms with van der Waals surface area (Å²) in [6.07, 6.45) is 0. The third-order valence-corrected chi connectivity index (χ3v) is 13.4. The lowest BCUT2D eigenvalue weighted by atomic mass is 9.90. The molecule has 0 bridgehead atoms. The summed E-state index contributed by atoms with van der Waals surface area (Å²) in [5.74, 6) is 0. The molecule has 3 heteroatoms. The first-order valence-electron chi connectivity index (χ1n) is 22.9. The van der Waals surface area contributed by atoms with Gasteiger partial charge in [0.1, 0.15) is 11.2 Å². The average molecular weight is 855 g/mol. The van der Waals surface area contributed by atoms with Crippen LogP contribution in [0.25, 0.3) is 105 Å². The van der Waals surface area contributed by atoms with Crippen molar-refractivity contribution >= 4 is 71.6 Å². The fraction of sp³-hybridized carbons (Fsp3) is 0. The van der Waals surface area contributed by atoms with Gasteiger partial charge in [-0.15, -0.1) is 0 Å². The van der Waals surface area contributed by atoms with Crippen LogP contribution in [0, 0.1) is 0 Å². The zero-order valence-corrected chi connectivity index (χ0v) is 36.6. The van der Waals surface area contributed by atoms with Crippen LogP contribution in [-0.2, 0) is 0 Å². The van der Waals surface area contributed by atoms with Crippen molar-refractivity contribution in [3.05, 3.63) is 255 Å². The van der Waals surface area contributed by atoms with Gasteiger partial charge in [0.2, 0.25) is 0 Å². The highest BCUT2D eigenvalue weighted by Gasteiger charge is 2.19. The molecule has 0 radical (unpaired) electrons. The maximum Gasteiger partial charge on any atom is 0.135 e. The van der Waals surface area contributed by atoms with Crippen molar-refractivity contribution < 1.29 is 4.42 Å². The summed E-state index contributed by atoms with van der Waals surface area (Å²) in [4.78, 5) is 2.36. The summed E-state index contributed by atoms with van der Waals surface area (Å²) in [6, 6.07) is 92.1. The van der Waals surface area contributed by atoms with Gasteiger partial charge >= 0.3 is 0 Å². The summed E-state index contributed by atoms with van der Waals surface area (Å²) < 4.78 is 8.79. The number of para-hydroxylation sites is 3. The Morgan fingerprint density at radius 1 is 0.284 bits per heavy atom. The third kappa shape index (κ3) is 6.67. The molecule has 13 rings (SSSR count). The molecule has 0 unspecified atom stereocenters. The Labute approximate surface area is 388 Å². The lowest BCUT2D eigenvalue weighted by molar-refractivity contribution is 0.669. The van der Waals surface area contributed by atoms with Crippen LogP contribution in [0.2, 0.25) is 0 Å². The number of rotatable bonds is 8. The van der Waals surface area contributed by atoms with Gasteiger partial charge in [0, 0.05) is 44.0 Å². The second-order valence-electron chi connectivity index (χ2n) is 17.3. The molecule has 0 saturated heterocycles. The minimum absolute atomic E-state index is 0.882. The molecule has 0 atom stereocenters. The van der Waals surface area contributed by atoms with E-state index in [0.29, 0.717) is 0 Å². The minimum Gasteiger partial charge on any atom is -0.456 e. The maximum atomic E-state index is 6.35. The van der Waals surface area contributed by atoms with Crippen molar-refractivity contribution in [2.24, 2.45) is 0 Å². The molecule has 0 N–H and O–H groups in total. The highest BCUT2D eigenvalue weighted by molar-refractivity contribution is 6.12. The fourth-order valence-electron chi connectivity index (χ4n) is 10.2. The second kappa shape index (κ2) is 16.0. The molecular weight excluding hydrogens is 813 g/mol. The van der Waals surface area contributed by atoms with Crippen molar-refractivity contribution in [3.63, 3.8) is 0 Å². The van der Waals surface area contributed by atoms with Crippen molar-refractivity contribution in [2.45, 2.75) is 0 Å². The molecule has 0 aliphatic rings. The summed E-state index contributed by atoms with van der Waals surface area (Å²) in [5, 5.41) is 7.14. The number of nitrogens with zero attached hydrogens (tertiary/aromatic N) is 2. The molecule has 67 heavy (non-hydrogen) atoms. The van der Waals surface area contributed by atoms with Crippen LogP contribution in [0.3, 0.4) is 0 Å². The molecule has 11 aromatic carbocycles. The quantitative estimate of drug-likeness (QED) is 0.152. The Bertz CT molecular complexity index is 3990. The van der Waals surface area contributed by atoms with E-state index in [9.17, 15) is 0 Å². The van der Waals surface area contributed by atoms with Gasteiger partial charge in [-0.25, -0.2) is 0 Å². The fourth-order valence-corrected chi connectivity index (χ4v) is 10.2. The van der Waals surface area contributed by atoms with Gasteiger partial charge in [0.25, 0.3) is 0 Å². The Hall–Kier alpha value is -8.92. The van der Waals surface area contributed by atoms with Crippen molar-refractivity contribution in [1.82, 2.24) is 4.57 Å². The summed E-state index contributed by atoms with van der Waals surface area (Å²) in [7, 11) is 0. The normalized spacial score (nSPS) is 11.6. The topological polar surface area (TPSA) is 21.3 Å². The van der Waals surface area contributed by atoms with Gasteiger partial charge in [0.05, 0.1) is 16.7 Å². The number of hydrogen-bond acceptors (Lipinski definition) is 2. The van der Waals surface area contributed by atoms with Crippen molar-refractivity contribution in [3.8, 4) is 50.2 Å². The molecule has 0 aliphatic heterocycles. The number of furan rings is 1. The first-order chi connectivity index (χ1) is 33.2. The van der Waals surface area contributed by atoms with Crippen LogP contribution in [0.5, 0.6) is 0 Å². The highest BCUT2D eigenvalue weighted by Crippen LogP contribution is 2.44. The number of aromatic nitrogens is 1. The zero-order chi connectivity index (χ0) is 44.3. The van der Waals surface area contributed by atoms with Gasteiger partial charge in [0.15, 0.2) is 0 Å². The van der Waals surface area contributed by atoms with Crippen LogP contribution < -0.4 is 4.90 Å². The molecule has 13 aromatic rings. The molecule has 0 saturated carbocycles. The number of benzene rings is 11. The molecule has 0 aliphatic carbocycles. The molecule has 2 aromatic heterocycles. The predicted octanol–water partition coefficient (Wildman–Crippen LogP) is 18.0. The molecule has 0 spiro atoms. The van der Waals surface area contributed by atoms with Crippen LogP contribution in [0.4, 0.5) is 17.1 Å². The highest BCUT2D eigenvalue weighted by atomic mass is 16.3. The minimum atomic E-state index is 0.882. The van der Waals surface area contributed by atoms with E-state index in [1.165, 1.54) is 49.4 Å². The molecule has 3 nitrogen and oxygen atoms in total. The lowest BCUT2D eigenvalue weighted by Gasteiger charge is -2.26. The molecule has 0 fully saturated rings. The molecular formula is C64H42N2O. The van der Waals surface area contributed by atoms with Crippen LogP contribution in [-0.4, -0.2) is 4.57 Å². The average Bonchev–Trinajstić information content (AvgIpc) is 3.94.